The predicted octanol–water partition coefficient (Wildman–Crippen LogP) is 2.11. The number of nitrogens with one attached hydrogen (secondary N) is 2. The third-order valence-corrected chi connectivity index (χ3v) is 3.47. The molecule has 0 fully saturated rings. The van der Waals surface area contributed by atoms with E-state index in [1.165, 1.54) is 0 Å². The van der Waals surface area contributed by atoms with Gasteiger partial charge in [-0.15, -0.1) is 0 Å². The molecule has 4 nitrogen and oxygen atoms in total. The Balaban J connectivity index is 2.43. The second kappa shape index (κ2) is 7.84. The highest BCUT2D eigenvalue weighted by molar-refractivity contribution is 7.98. The van der Waals surface area contributed by atoms with Crippen molar-refractivity contribution in [2.24, 2.45) is 0 Å². The number of aryl methyl sites for hydroxylation is 1. The summed E-state index contributed by atoms with van der Waals surface area (Å²) in [4.78, 5) is 23.1. The number of hydrogen-bond acceptors (Lipinski definition) is 3. The van der Waals surface area contributed by atoms with Crippen LogP contribution in [0.25, 0.3) is 0 Å². The highest BCUT2D eigenvalue weighted by Crippen LogP contribution is 2.17. The summed E-state index contributed by atoms with van der Waals surface area (Å²) in [5.74, 6) is 0.474. The molecule has 0 spiro atoms. The third kappa shape index (κ3) is 5.34. The minimum absolute atomic E-state index is 0.0145. The van der Waals surface area contributed by atoms with Gasteiger partial charge in [-0.1, -0.05) is 12.1 Å². The molecule has 0 saturated carbocycles. The summed E-state index contributed by atoms with van der Waals surface area (Å²) in [5, 5.41) is 5.41. The van der Waals surface area contributed by atoms with E-state index in [-0.39, 0.29) is 18.4 Å². The molecule has 0 bridgehead atoms. The normalized spacial score (nSPS) is 10.1. The zero-order valence-electron chi connectivity index (χ0n) is 11.6. The molecule has 1 rings (SSSR count). The number of hydrogen-bond donors (Lipinski definition) is 2. The first-order valence-electron chi connectivity index (χ1n) is 6.16. The smallest absolute Gasteiger partial charge is 0.243 e. The maximum Gasteiger partial charge on any atom is 0.243 e. The van der Waals surface area contributed by atoms with Crippen molar-refractivity contribution in [2.45, 2.75) is 20.3 Å². The predicted molar refractivity (Wildman–Crippen MR) is 80.6 cm³/mol. The van der Waals surface area contributed by atoms with Crippen molar-refractivity contribution in [3.05, 3.63) is 29.3 Å². The van der Waals surface area contributed by atoms with E-state index in [0.29, 0.717) is 6.42 Å². The molecule has 0 radical (unpaired) electrons. The quantitative estimate of drug-likeness (QED) is 0.839. The Labute approximate surface area is 118 Å². The molecule has 1 aromatic carbocycles. The molecule has 19 heavy (non-hydrogen) atoms. The van der Waals surface area contributed by atoms with Crippen LogP contribution < -0.4 is 10.6 Å². The van der Waals surface area contributed by atoms with Gasteiger partial charge >= 0.3 is 0 Å². The van der Waals surface area contributed by atoms with Crippen LogP contribution in [0, 0.1) is 13.8 Å². The van der Waals surface area contributed by atoms with Crippen molar-refractivity contribution >= 4 is 29.3 Å². The number of carbonyl (C=O) groups excluding carboxylic acids is 2. The molecule has 0 aliphatic heterocycles. The van der Waals surface area contributed by atoms with E-state index in [9.17, 15) is 9.59 Å². The summed E-state index contributed by atoms with van der Waals surface area (Å²) in [7, 11) is 0. The van der Waals surface area contributed by atoms with Gasteiger partial charge in [0.15, 0.2) is 0 Å². The van der Waals surface area contributed by atoms with E-state index in [1.807, 2.05) is 38.3 Å². The van der Waals surface area contributed by atoms with E-state index < -0.39 is 0 Å². The van der Waals surface area contributed by atoms with Gasteiger partial charge in [0.1, 0.15) is 0 Å². The molecule has 0 aliphatic carbocycles. The number of anilines is 1. The van der Waals surface area contributed by atoms with E-state index in [1.54, 1.807) is 11.8 Å². The Kier molecular flexibility index (Phi) is 6.42. The second-order valence-corrected chi connectivity index (χ2v) is 5.30. The van der Waals surface area contributed by atoms with Gasteiger partial charge < -0.3 is 10.6 Å². The lowest BCUT2D eigenvalue weighted by molar-refractivity contribution is -0.123. The lowest BCUT2D eigenvalue weighted by atomic mass is 10.1. The first kappa shape index (κ1) is 15.6. The van der Waals surface area contributed by atoms with Crippen molar-refractivity contribution in [2.75, 3.05) is 23.9 Å². The summed E-state index contributed by atoms with van der Waals surface area (Å²) in [6, 6.07) is 5.75. The van der Waals surface area contributed by atoms with E-state index in [0.717, 1.165) is 22.6 Å². The number of carbonyl (C=O) groups is 2. The fraction of sp³-hybridized carbons (Fsp3) is 0.429. The molecule has 1 aromatic rings. The molecule has 2 N–H and O–H groups in total. The van der Waals surface area contributed by atoms with Crippen LogP contribution in [0.4, 0.5) is 5.69 Å². The topological polar surface area (TPSA) is 58.2 Å². The minimum Gasteiger partial charge on any atom is -0.347 e. The second-order valence-electron chi connectivity index (χ2n) is 4.32. The minimum atomic E-state index is -0.203. The Hall–Kier alpha value is -1.49. The van der Waals surface area contributed by atoms with Crippen molar-refractivity contribution in [3.63, 3.8) is 0 Å². The third-order valence-electron chi connectivity index (χ3n) is 2.86. The standard InChI is InChI=1S/C14H20N2O2S/c1-10-5-4-6-12(11(10)2)16-14(18)9-15-13(17)7-8-19-3/h4-6H,7-9H2,1-3H3,(H,15,17)(H,16,18). The van der Waals surface area contributed by atoms with E-state index in [2.05, 4.69) is 10.6 Å². The van der Waals surface area contributed by atoms with Crippen LogP contribution in [0.2, 0.25) is 0 Å². The lowest BCUT2D eigenvalue weighted by Gasteiger charge is -2.10. The molecule has 0 unspecified atom stereocenters. The molecular weight excluding hydrogens is 260 g/mol. The summed E-state index contributed by atoms with van der Waals surface area (Å²) < 4.78 is 0. The SMILES string of the molecule is CSCCC(=O)NCC(=O)Nc1cccc(C)c1C. The zero-order chi connectivity index (χ0) is 14.3. The van der Waals surface area contributed by atoms with Crippen LogP contribution in [-0.4, -0.2) is 30.4 Å². The average Bonchev–Trinajstić information content (AvgIpc) is 2.39. The molecule has 0 aliphatic rings. The number of rotatable bonds is 6. The maximum atomic E-state index is 11.7. The first-order valence-corrected chi connectivity index (χ1v) is 7.55. The lowest BCUT2D eigenvalue weighted by Crippen LogP contribution is -2.33. The van der Waals surface area contributed by atoms with Crippen LogP contribution in [0.5, 0.6) is 0 Å². The Morgan fingerprint density at radius 1 is 1.21 bits per heavy atom. The molecule has 0 aromatic heterocycles. The van der Waals surface area contributed by atoms with E-state index >= 15 is 0 Å². The molecule has 5 heteroatoms. The highest BCUT2D eigenvalue weighted by Gasteiger charge is 2.07. The highest BCUT2D eigenvalue weighted by atomic mass is 32.2. The fourth-order valence-corrected chi connectivity index (χ4v) is 1.93. The summed E-state index contributed by atoms with van der Waals surface area (Å²) in [6.07, 6.45) is 2.39. The Morgan fingerprint density at radius 3 is 2.63 bits per heavy atom. The van der Waals surface area contributed by atoms with Crippen LogP contribution in [-0.2, 0) is 9.59 Å². The van der Waals surface area contributed by atoms with Gasteiger partial charge in [0.2, 0.25) is 11.8 Å². The molecule has 104 valence electrons. The molecule has 0 heterocycles. The monoisotopic (exact) mass is 280 g/mol. The van der Waals surface area contributed by atoms with Crippen LogP contribution in [0.1, 0.15) is 17.5 Å². The van der Waals surface area contributed by atoms with Crippen molar-refractivity contribution in [1.29, 1.82) is 0 Å². The van der Waals surface area contributed by atoms with Gasteiger partial charge in [-0.05, 0) is 37.3 Å². The van der Waals surface area contributed by atoms with Crippen molar-refractivity contribution in [3.8, 4) is 0 Å². The van der Waals surface area contributed by atoms with Crippen LogP contribution in [0.15, 0.2) is 18.2 Å². The molecule has 2 amide bonds. The van der Waals surface area contributed by atoms with Gasteiger partial charge in [-0.25, -0.2) is 0 Å². The summed E-state index contributed by atoms with van der Waals surface area (Å²) >= 11 is 1.61. The molecular formula is C14H20N2O2S. The van der Waals surface area contributed by atoms with Gasteiger partial charge in [0.05, 0.1) is 6.54 Å². The maximum absolute atomic E-state index is 11.7. The number of benzene rings is 1. The van der Waals surface area contributed by atoms with Gasteiger partial charge in [0.25, 0.3) is 0 Å². The number of amides is 2. The van der Waals surface area contributed by atoms with Crippen molar-refractivity contribution < 1.29 is 9.59 Å². The van der Waals surface area contributed by atoms with Gasteiger partial charge in [0, 0.05) is 17.9 Å². The zero-order valence-corrected chi connectivity index (χ0v) is 12.4. The van der Waals surface area contributed by atoms with E-state index in [4.69, 9.17) is 0 Å². The average molecular weight is 280 g/mol. The van der Waals surface area contributed by atoms with Crippen LogP contribution >= 0.6 is 11.8 Å². The molecule has 0 atom stereocenters. The summed E-state index contributed by atoms with van der Waals surface area (Å²) in [6.45, 7) is 3.97. The molecule has 0 saturated heterocycles. The van der Waals surface area contributed by atoms with Gasteiger partial charge in [-0.3, -0.25) is 9.59 Å². The Bertz CT molecular complexity index is 461. The first-order chi connectivity index (χ1) is 9.04. The summed E-state index contributed by atoms with van der Waals surface area (Å²) in [5.41, 5.74) is 2.97. The largest absolute Gasteiger partial charge is 0.347 e. The van der Waals surface area contributed by atoms with Crippen LogP contribution in [0.3, 0.4) is 0 Å². The fourth-order valence-electron chi connectivity index (χ4n) is 1.54. The van der Waals surface area contributed by atoms with Gasteiger partial charge in [-0.2, -0.15) is 11.8 Å². The Morgan fingerprint density at radius 2 is 1.95 bits per heavy atom. The van der Waals surface area contributed by atoms with Crippen molar-refractivity contribution in [1.82, 2.24) is 5.32 Å². The number of thioether (sulfide) groups is 1.